The molecule has 0 radical (unpaired) electrons. The fraction of sp³-hybridized carbons (Fsp3) is 0.250. The van der Waals surface area contributed by atoms with Crippen LogP contribution in [0.15, 0.2) is 16.9 Å². The van der Waals surface area contributed by atoms with Crippen LogP contribution in [-0.2, 0) is 10.4 Å². The summed E-state index contributed by atoms with van der Waals surface area (Å²) in [6.45, 7) is 0. The third kappa shape index (κ3) is 1.36. The van der Waals surface area contributed by atoms with E-state index in [1.165, 1.54) is 12.5 Å². The second-order valence-electron chi connectivity index (χ2n) is 2.21. The van der Waals surface area contributed by atoms with Crippen LogP contribution >= 0.6 is 0 Å². The summed E-state index contributed by atoms with van der Waals surface area (Å²) in [5, 5.41) is 9.56. The molecule has 0 saturated heterocycles. The molecule has 1 unspecified atom stereocenters. The molecule has 4 nitrogen and oxygen atoms in total. The van der Waals surface area contributed by atoms with Gasteiger partial charge in [0.1, 0.15) is 12.5 Å². The van der Waals surface area contributed by atoms with E-state index in [0.717, 1.165) is 0 Å². The summed E-state index contributed by atoms with van der Waals surface area (Å²) in [6, 6.07) is 0. The van der Waals surface area contributed by atoms with Gasteiger partial charge in [-0.1, -0.05) is 5.92 Å². The molecule has 1 N–H and O–H groups in total. The molecule has 12 heavy (non-hydrogen) atoms. The summed E-state index contributed by atoms with van der Waals surface area (Å²) in [5.74, 6) is 2.02. The molecular formula is C8H7NO3. The summed E-state index contributed by atoms with van der Waals surface area (Å²) in [5.41, 5.74) is -1.70. The van der Waals surface area contributed by atoms with Crippen LogP contribution < -0.4 is 0 Å². The van der Waals surface area contributed by atoms with Gasteiger partial charge < -0.3 is 14.3 Å². The minimum Gasteiger partial charge on any atom is -0.445 e. The molecule has 0 aromatic carbocycles. The number of oxazole rings is 1. The number of hydrogen-bond acceptors (Lipinski definition) is 4. The molecule has 4 heteroatoms. The minimum absolute atomic E-state index is 0.0305. The van der Waals surface area contributed by atoms with Crippen molar-refractivity contribution in [3.05, 3.63) is 18.4 Å². The Balaban J connectivity index is 2.97. The molecule has 0 fully saturated rings. The van der Waals surface area contributed by atoms with E-state index in [9.17, 15) is 9.90 Å². The first-order valence-electron chi connectivity index (χ1n) is 3.26. The summed E-state index contributed by atoms with van der Waals surface area (Å²) in [4.78, 5) is 13.8. The molecule has 1 aromatic rings. The number of aliphatic hydroxyl groups is 1. The predicted octanol–water partition coefficient (Wildman–Crippen LogP) is 0.0844. The number of carbonyl (C=O) groups is 1. The van der Waals surface area contributed by atoms with Crippen molar-refractivity contribution >= 4 is 6.29 Å². The van der Waals surface area contributed by atoms with Crippen LogP contribution in [0.25, 0.3) is 0 Å². The van der Waals surface area contributed by atoms with Crippen molar-refractivity contribution in [1.82, 2.24) is 4.98 Å². The average molecular weight is 165 g/mol. The molecule has 0 aliphatic rings. The van der Waals surface area contributed by atoms with E-state index in [0.29, 0.717) is 6.29 Å². The Morgan fingerprint density at radius 1 is 1.92 bits per heavy atom. The maximum absolute atomic E-state index is 10.1. The zero-order chi connectivity index (χ0) is 9.03. The van der Waals surface area contributed by atoms with Crippen molar-refractivity contribution in [3.63, 3.8) is 0 Å². The Morgan fingerprint density at radius 2 is 2.67 bits per heavy atom. The van der Waals surface area contributed by atoms with E-state index >= 15 is 0 Å². The summed E-state index contributed by atoms with van der Waals surface area (Å²) < 4.78 is 4.78. The molecule has 0 aliphatic heterocycles. The molecule has 0 amide bonds. The lowest BCUT2D eigenvalue weighted by Gasteiger charge is -2.13. The highest BCUT2D eigenvalue weighted by Gasteiger charge is 2.30. The van der Waals surface area contributed by atoms with Crippen LogP contribution in [-0.4, -0.2) is 16.4 Å². The lowest BCUT2D eigenvalue weighted by Crippen LogP contribution is -2.24. The molecule has 0 aliphatic carbocycles. The number of aldehydes is 1. The molecular weight excluding hydrogens is 158 g/mol. The fourth-order valence-corrected chi connectivity index (χ4v) is 0.756. The molecule has 1 atom stereocenters. The van der Waals surface area contributed by atoms with E-state index in [1.807, 2.05) is 5.92 Å². The van der Waals surface area contributed by atoms with Crippen molar-refractivity contribution in [3.8, 4) is 12.3 Å². The zero-order valence-corrected chi connectivity index (χ0v) is 6.23. The largest absolute Gasteiger partial charge is 0.445 e. The summed E-state index contributed by atoms with van der Waals surface area (Å²) in [6.07, 6.45) is 7.95. The first kappa shape index (κ1) is 8.50. The number of rotatable bonds is 3. The molecule has 62 valence electrons. The number of carbonyl (C=O) groups excluding carboxylic acids is 1. The van der Waals surface area contributed by atoms with Gasteiger partial charge in [-0.3, -0.25) is 0 Å². The number of terminal acetylenes is 1. The summed E-state index contributed by atoms with van der Waals surface area (Å²) in [7, 11) is 0. The third-order valence-corrected chi connectivity index (χ3v) is 1.40. The van der Waals surface area contributed by atoms with Gasteiger partial charge in [0, 0.05) is 0 Å². The number of nitrogens with zero attached hydrogens (tertiary/aromatic N) is 1. The quantitative estimate of drug-likeness (QED) is 0.509. The van der Waals surface area contributed by atoms with Gasteiger partial charge in [-0.15, -0.1) is 6.42 Å². The first-order valence-corrected chi connectivity index (χ1v) is 3.26. The third-order valence-electron chi connectivity index (χ3n) is 1.40. The van der Waals surface area contributed by atoms with Gasteiger partial charge >= 0.3 is 0 Å². The van der Waals surface area contributed by atoms with Crippen LogP contribution in [0.5, 0.6) is 0 Å². The van der Waals surface area contributed by atoms with E-state index < -0.39 is 5.60 Å². The van der Waals surface area contributed by atoms with Crippen molar-refractivity contribution in [2.75, 3.05) is 0 Å². The van der Waals surface area contributed by atoms with Crippen LogP contribution in [0.2, 0.25) is 0 Å². The molecule has 1 rings (SSSR count). The minimum atomic E-state index is -1.70. The molecule has 1 aromatic heterocycles. The van der Waals surface area contributed by atoms with Crippen molar-refractivity contribution < 1.29 is 14.3 Å². The standard InChI is InChI=1S/C8H7NO3/c1-2-8(11,3-5-10)7-9-4-6-12-7/h1,4-6,11H,3H2. The smallest absolute Gasteiger partial charge is 0.239 e. The number of hydrogen-bond donors (Lipinski definition) is 1. The van der Waals surface area contributed by atoms with Gasteiger partial charge in [0.2, 0.25) is 11.5 Å². The van der Waals surface area contributed by atoms with Crippen molar-refractivity contribution in [2.45, 2.75) is 12.0 Å². The van der Waals surface area contributed by atoms with E-state index in [2.05, 4.69) is 4.98 Å². The second-order valence-corrected chi connectivity index (χ2v) is 2.21. The normalized spacial score (nSPS) is 14.7. The number of aromatic nitrogens is 1. The Labute approximate surface area is 69.2 Å². The molecule has 0 saturated carbocycles. The van der Waals surface area contributed by atoms with Gasteiger partial charge in [0.15, 0.2) is 0 Å². The van der Waals surface area contributed by atoms with Gasteiger partial charge in [-0.25, -0.2) is 4.98 Å². The fourth-order valence-electron chi connectivity index (χ4n) is 0.756. The summed E-state index contributed by atoms with van der Waals surface area (Å²) >= 11 is 0. The second kappa shape index (κ2) is 3.20. The highest BCUT2D eigenvalue weighted by Crippen LogP contribution is 2.20. The van der Waals surface area contributed by atoms with Crippen LogP contribution in [0.1, 0.15) is 12.3 Å². The van der Waals surface area contributed by atoms with Crippen molar-refractivity contribution in [2.24, 2.45) is 0 Å². The zero-order valence-electron chi connectivity index (χ0n) is 6.23. The highest BCUT2D eigenvalue weighted by atomic mass is 16.4. The Hall–Kier alpha value is -1.60. The SMILES string of the molecule is C#CC(O)(CC=O)c1ncco1. The van der Waals surface area contributed by atoms with Gasteiger partial charge in [0.05, 0.1) is 12.6 Å². The topological polar surface area (TPSA) is 63.3 Å². The van der Waals surface area contributed by atoms with E-state index in [4.69, 9.17) is 10.8 Å². The predicted molar refractivity (Wildman–Crippen MR) is 39.9 cm³/mol. The van der Waals surface area contributed by atoms with Gasteiger partial charge in [-0.2, -0.15) is 0 Å². The van der Waals surface area contributed by atoms with E-state index in [1.54, 1.807) is 0 Å². The average Bonchev–Trinajstić information content (AvgIpc) is 2.57. The lowest BCUT2D eigenvalue weighted by molar-refractivity contribution is -0.111. The van der Waals surface area contributed by atoms with Crippen LogP contribution in [0.3, 0.4) is 0 Å². The molecule has 1 heterocycles. The molecule has 0 spiro atoms. The maximum atomic E-state index is 10.1. The Bertz CT molecular complexity index is 299. The van der Waals surface area contributed by atoms with Crippen molar-refractivity contribution in [1.29, 1.82) is 0 Å². The Kier molecular flexibility index (Phi) is 2.26. The Morgan fingerprint density at radius 3 is 3.08 bits per heavy atom. The first-order chi connectivity index (χ1) is 5.73. The van der Waals surface area contributed by atoms with Gasteiger partial charge in [0.25, 0.3) is 0 Å². The maximum Gasteiger partial charge on any atom is 0.239 e. The van der Waals surface area contributed by atoms with Gasteiger partial charge in [-0.05, 0) is 0 Å². The monoisotopic (exact) mass is 165 g/mol. The lowest BCUT2D eigenvalue weighted by atomic mass is 10.0. The van der Waals surface area contributed by atoms with Crippen LogP contribution in [0.4, 0.5) is 0 Å². The highest BCUT2D eigenvalue weighted by molar-refractivity contribution is 5.53. The molecule has 0 bridgehead atoms. The van der Waals surface area contributed by atoms with Crippen LogP contribution in [0, 0.1) is 12.3 Å². The van der Waals surface area contributed by atoms with E-state index in [-0.39, 0.29) is 12.3 Å².